The minimum atomic E-state index is -3.74. The van der Waals surface area contributed by atoms with Gasteiger partial charge in [0.05, 0.1) is 11.4 Å². The zero-order chi connectivity index (χ0) is 18.3. The topological polar surface area (TPSA) is 94.7 Å². The Bertz CT molecular complexity index is 1030. The highest BCUT2D eigenvalue weighted by Crippen LogP contribution is 2.42. The average molecular weight is 372 g/mol. The Hall–Kier alpha value is -2.68. The minimum Gasteiger partial charge on any atom is -0.271 e. The number of nitrogens with one attached hydrogen (secondary N) is 1. The third-order valence-corrected chi connectivity index (χ3v) is 5.78. The molecule has 1 fully saturated rings. The van der Waals surface area contributed by atoms with Crippen molar-refractivity contribution in [1.29, 1.82) is 0 Å². The van der Waals surface area contributed by atoms with Crippen molar-refractivity contribution in [2.24, 2.45) is 7.05 Å². The van der Waals surface area contributed by atoms with Crippen LogP contribution < -0.4 is 4.72 Å². The van der Waals surface area contributed by atoms with E-state index >= 15 is 0 Å². The van der Waals surface area contributed by atoms with Gasteiger partial charge in [0.2, 0.25) is 0 Å². The normalized spacial score (nSPS) is 14.5. The predicted octanol–water partition coefficient (Wildman–Crippen LogP) is 2.38. The van der Waals surface area contributed by atoms with Gasteiger partial charge < -0.3 is 0 Å². The van der Waals surface area contributed by atoms with Crippen LogP contribution in [0.4, 0.5) is 5.82 Å². The molecule has 1 aliphatic carbocycles. The van der Waals surface area contributed by atoms with Gasteiger partial charge >= 0.3 is 0 Å². The summed E-state index contributed by atoms with van der Waals surface area (Å²) in [5.74, 6) is 0.640. The molecule has 9 heteroatoms. The number of hydrogen-bond acceptors (Lipinski definition) is 5. The highest BCUT2D eigenvalue weighted by molar-refractivity contribution is 7.92. The van der Waals surface area contributed by atoms with Gasteiger partial charge in [0.25, 0.3) is 10.0 Å². The maximum absolute atomic E-state index is 13.0. The lowest BCUT2D eigenvalue weighted by Gasteiger charge is -2.07. The Morgan fingerprint density at radius 2 is 2.12 bits per heavy atom. The van der Waals surface area contributed by atoms with Crippen molar-refractivity contribution in [2.45, 2.75) is 37.1 Å². The van der Waals surface area contributed by atoms with Gasteiger partial charge in [0.15, 0.2) is 0 Å². The molecule has 0 bridgehead atoms. The number of anilines is 1. The van der Waals surface area contributed by atoms with E-state index < -0.39 is 10.0 Å². The molecule has 0 saturated heterocycles. The summed E-state index contributed by atoms with van der Waals surface area (Å²) < 4.78 is 31.8. The summed E-state index contributed by atoms with van der Waals surface area (Å²) in [5, 5.41) is 8.82. The Morgan fingerprint density at radius 1 is 1.31 bits per heavy atom. The van der Waals surface area contributed by atoms with Gasteiger partial charge in [-0.15, -0.1) is 0 Å². The number of pyridine rings is 1. The number of rotatable bonds is 6. The molecule has 0 aromatic carbocycles. The molecule has 136 valence electrons. The summed E-state index contributed by atoms with van der Waals surface area (Å²) in [6.45, 7) is 2.57. The SMILES string of the molecule is CCn1cc(S(=O)(=O)Nc2cc(-c3cccnc3)nn2C)c(C2CC2)n1. The van der Waals surface area contributed by atoms with E-state index in [4.69, 9.17) is 0 Å². The minimum absolute atomic E-state index is 0.242. The molecule has 1 N–H and O–H groups in total. The maximum Gasteiger partial charge on any atom is 0.266 e. The second-order valence-corrected chi connectivity index (χ2v) is 8.05. The Labute approximate surface area is 151 Å². The molecule has 0 atom stereocenters. The van der Waals surface area contributed by atoms with E-state index in [1.54, 1.807) is 36.4 Å². The van der Waals surface area contributed by atoms with E-state index in [-0.39, 0.29) is 10.8 Å². The molecule has 0 radical (unpaired) electrons. The van der Waals surface area contributed by atoms with Crippen LogP contribution >= 0.6 is 0 Å². The van der Waals surface area contributed by atoms with E-state index in [0.29, 0.717) is 23.8 Å². The smallest absolute Gasteiger partial charge is 0.266 e. The van der Waals surface area contributed by atoms with E-state index in [2.05, 4.69) is 19.9 Å². The lowest BCUT2D eigenvalue weighted by atomic mass is 10.2. The summed E-state index contributed by atoms with van der Waals surface area (Å²) >= 11 is 0. The van der Waals surface area contributed by atoms with Crippen molar-refractivity contribution in [3.05, 3.63) is 42.5 Å². The van der Waals surface area contributed by atoms with Crippen LogP contribution in [0.5, 0.6) is 0 Å². The lowest BCUT2D eigenvalue weighted by molar-refractivity contribution is 0.599. The highest BCUT2D eigenvalue weighted by atomic mass is 32.2. The molecule has 8 nitrogen and oxygen atoms in total. The lowest BCUT2D eigenvalue weighted by Crippen LogP contribution is -2.16. The van der Waals surface area contributed by atoms with Crippen LogP contribution in [0.15, 0.2) is 41.7 Å². The first kappa shape index (κ1) is 16.8. The average Bonchev–Trinajstić information content (AvgIpc) is 3.28. The van der Waals surface area contributed by atoms with Crippen LogP contribution in [0.3, 0.4) is 0 Å². The molecule has 1 aliphatic rings. The van der Waals surface area contributed by atoms with Crippen LogP contribution in [0.2, 0.25) is 0 Å². The summed E-state index contributed by atoms with van der Waals surface area (Å²) in [4.78, 5) is 4.33. The zero-order valence-corrected chi connectivity index (χ0v) is 15.4. The fraction of sp³-hybridized carbons (Fsp3) is 0.353. The summed E-state index contributed by atoms with van der Waals surface area (Å²) in [6, 6.07) is 5.40. The Balaban J connectivity index is 1.67. The quantitative estimate of drug-likeness (QED) is 0.717. The van der Waals surface area contributed by atoms with Crippen molar-refractivity contribution in [3.63, 3.8) is 0 Å². The molecule has 4 rings (SSSR count). The number of aryl methyl sites for hydroxylation is 2. The van der Waals surface area contributed by atoms with Crippen molar-refractivity contribution < 1.29 is 8.42 Å². The maximum atomic E-state index is 13.0. The van der Waals surface area contributed by atoms with E-state index in [9.17, 15) is 8.42 Å². The van der Waals surface area contributed by atoms with Crippen molar-refractivity contribution in [3.8, 4) is 11.3 Å². The predicted molar refractivity (Wildman–Crippen MR) is 97.1 cm³/mol. The van der Waals surface area contributed by atoms with Crippen LogP contribution in [-0.2, 0) is 23.6 Å². The number of sulfonamides is 1. The number of nitrogens with zero attached hydrogens (tertiary/aromatic N) is 5. The van der Waals surface area contributed by atoms with Crippen LogP contribution in [0, 0.1) is 0 Å². The highest BCUT2D eigenvalue weighted by Gasteiger charge is 2.34. The molecule has 0 amide bonds. The second kappa shape index (κ2) is 6.24. The Kier molecular flexibility index (Phi) is 4.03. The fourth-order valence-corrected chi connectivity index (χ4v) is 4.16. The van der Waals surface area contributed by atoms with E-state index in [1.807, 2.05) is 19.1 Å². The van der Waals surface area contributed by atoms with Gasteiger partial charge in [-0.1, -0.05) is 0 Å². The summed E-state index contributed by atoms with van der Waals surface area (Å²) in [6.07, 6.45) is 6.95. The van der Waals surface area contributed by atoms with Gasteiger partial charge in [-0.3, -0.25) is 19.1 Å². The van der Waals surface area contributed by atoms with Crippen molar-refractivity contribution in [2.75, 3.05) is 4.72 Å². The molecule has 3 heterocycles. The Morgan fingerprint density at radius 3 is 2.77 bits per heavy atom. The fourth-order valence-electron chi connectivity index (χ4n) is 2.84. The molecule has 1 saturated carbocycles. The standard InChI is InChI=1S/C17H20N6O2S/c1-3-23-11-15(17(20-23)12-6-7-12)26(24,25)21-16-9-14(19-22(16)2)13-5-4-8-18-10-13/h4-5,8-12,21H,3,6-7H2,1-2H3. The largest absolute Gasteiger partial charge is 0.271 e. The van der Waals surface area contributed by atoms with Gasteiger partial charge in [-0.2, -0.15) is 10.2 Å². The molecular weight excluding hydrogens is 352 g/mol. The first-order chi connectivity index (χ1) is 12.5. The van der Waals surface area contributed by atoms with Crippen LogP contribution in [0.1, 0.15) is 31.4 Å². The van der Waals surface area contributed by atoms with Crippen LogP contribution in [0.25, 0.3) is 11.3 Å². The molecule has 3 aromatic rings. The third-order valence-electron chi connectivity index (χ3n) is 4.41. The molecule has 3 aromatic heterocycles. The monoisotopic (exact) mass is 372 g/mol. The van der Waals surface area contributed by atoms with E-state index in [0.717, 1.165) is 18.4 Å². The van der Waals surface area contributed by atoms with Gasteiger partial charge in [-0.25, -0.2) is 8.42 Å². The van der Waals surface area contributed by atoms with Gasteiger partial charge in [0, 0.05) is 49.7 Å². The molecule has 0 spiro atoms. The second-order valence-electron chi connectivity index (χ2n) is 6.39. The summed E-state index contributed by atoms with van der Waals surface area (Å²) in [7, 11) is -2.04. The molecule has 0 aliphatic heterocycles. The first-order valence-electron chi connectivity index (χ1n) is 8.52. The molecular formula is C17H20N6O2S. The van der Waals surface area contributed by atoms with Gasteiger partial charge in [-0.05, 0) is 31.9 Å². The number of aromatic nitrogens is 5. The first-order valence-corrected chi connectivity index (χ1v) is 10.0. The van der Waals surface area contributed by atoms with Crippen molar-refractivity contribution in [1.82, 2.24) is 24.5 Å². The summed E-state index contributed by atoms with van der Waals surface area (Å²) in [5.41, 5.74) is 2.14. The molecule has 0 unspecified atom stereocenters. The zero-order valence-electron chi connectivity index (χ0n) is 14.6. The van der Waals surface area contributed by atoms with Crippen molar-refractivity contribution >= 4 is 15.8 Å². The third kappa shape index (κ3) is 3.10. The van der Waals surface area contributed by atoms with Crippen LogP contribution in [-0.4, -0.2) is 33.0 Å². The molecule has 26 heavy (non-hydrogen) atoms. The number of hydrogen-bond donors (Lipinski definition) is 1. The van der Waals surface area contributed by atoms with E-state index in [1.165, 1.54) is 4.68 Å². The van der Waals surface area contributed by atoms with Gasteiger partial charge in [0.1, 0.15) is 10.7 Å².